The molecule has 0 bridgehead atoms. The summed E-state index contributed by atoms with van der Waals surface area (Å²) < 4.78 is 7.68. The van der Waals surface area contributed by atoms with Gasteiger partial charge in [-0.15, -0.1) is 11.3 Å². The minimum absolute atomic E-state index is 0.0254. The van der Waals surface area contributed by atoms with E-state index in [4.69, 9.17) is 4.42 Å². The summed E-state index contributed by atoms with van der Waals surface area (Å²) in [4.78, 5) is 16.5. The maximum absolute atomic E-state index is 12.2. The number of aromatic nitrogens is 2. The van der Waals surface area contributed by atoms with Crippen LogP contribution in [0.25, 0.3) is 10.2 Å². The van der Waals surface area contributed by atoms with Gasteiger partial charge >= 0.3 is 0 Å². The number of nitrogens with zero attached hydrogens (tertiary/aromatic N) is 2. The summed E-state index contributed by atoms with van der Waals surface area (Å²) in [7, 11) is 0. The van der Waals surface area contributed by atoms with Crippen LogP contribution in [-0.4, -0.2) is 16.1 Å². The first-order chi connectivity index (χ1) is 9.75. The van der Waals surface area contributed by atoms with Gasteiger partial charge in [0.1, 0.15) is 10.5 Å². The lowest BCUT2D eigenvalue weighted by atomic mass is 10.2. The van der Waals surface area contributed by atoms with Gasteiger partial charge in [0.15, 0.2) is 0 Å². The molecule has 0 radical (unpaired) electrons. The molecule has 3 heterocycles. The molecule has 1 atom stereocenters. The van der Waals surface area contributed by atoms with Crippen molar-refractivity contribution in [2.45, 2.75) is 19.5 Å². The highest BCUT2D eigenvalue weighted by Crippen LogP contribution is 2.13. The first kappa shape index (κ1) is 13.1. The van der Waals surface area contributed by atoms with E-state index in [0.29, 0.717) is 17.8 Å². The van der Waals surface area contributed by atoms with Crippen molar-refractivity contribution < 1.29 is 4.42 Å². The van der Waals surface area contributed by atoms with E-state index in [0.717, 1.165) is 11.3 Å². The molecule has 0 saturated heterocycles. The van der Waals surface area contributed by atoms with Crippen molar-refractivity contribution in [3.63, 3.8) is 0 Å². The molecule has 0 amide bonds. The van der Waals surface area contributed by atoms with Crippen molar-refractivity contribution in [2.75, 3.05) is 6.54 Å². The third-order valence-corrected chi connectivity index (χ3v) is 4.10. The molecule has 0 aliphatic heterocycles. The number of hydrogen-bond acceptors (Lipinski definition) is 5. The number of nitrogens with one attached hydrogen (secondary N) is 1. The van der Waals surface area contributed by atoms with Crippen LogP contribution >= 0.6 is 11.3 Å². The SMILES string of the molecule is CC(NCCn1cnc2ccsc2c1=O)c1ccco1. The Labute approximate surface area is 119 Å². The summed E-state index contributed by atoms with van der Waals surface area (Å²) in [5, 5.41) is 5.21. The molecule has 1 N–H and O–H groups in total. The summed E-state index contributed by atoms with van der Waals surface area (Å²) >= 11 is 1.43. The quantitative estimate of drug-likeness (QED) is 0.783. The molecule has 3 aromatic rings. The van der Waals surface area contributed by atoms with Gasteiger partial charge in [0.25, 0.3) is 5.56 Å². The summed E-state index contributed by atoms with van der Waals surface area (Å²) in [5.74, 6) is 0.893. The van der Waals surface area contributed by atoms with E-state index < -0.39 is 0 Å². The van der Waals surface area contributed by atoms with Crippen molar-refractivity contribution in [3.8, 4) is 0 Å². The third-order valence-electron chi connectivity index (χ3n) is 3.21. The zero-order chi connectivity index (χ0) is 13.9. The van der Waals surface area contributed by atoms with Gasteiger partial charge in [-0.05, 0) is 30.5 Å². The molecule has 0 aliphatic carbocycles. The van der Waals surface area contributed by atoms with Gasteiger partial charge in [-0.3, -0.25) is 9.36 Å². The van der Waals surface area contributed by atoms with Gasteiger partial charge < -0.3 is 9.73 Å². The zero-order valence-corrected chi connectivity index (χ0v) is 11.9. The van der Waals surface area contributed by atoms with E-state index in [2.05, 4.69) is 10.3 Å². The molecule has 5 nitrogen and oxygen atoms in total. The molecule has 104 valence electrons. The largest absolute Gasteiger partial charge is 0.468 e. The first-order valence-corrected chi connectivity index (χ1v) is 7.33. The van der Waals surface area contributed by atoms with Crippen LogP contribution < -0.4 is 10.9 Å². The standard InChI is InChI=1S/C14H15N3O2S/c1-10(12-3-2-7-19-12)15-5-6-17-9-16-11-4-8-20-13(11)14(17)18/h2-4,7-10,15H,5-6H2,1H3. The van der Waals surface area contributed by atoms with Crippen LogP contribution in [0.1, 0.15) is 18.7 Å². The highest BCUT2D eigenvalue weighted by atomic mass is 32.1. The van der Waals surface area contributed by atoms with Crippen molar-refractivity contribution in [1.29, 1.82) is 0 Å². The predicted molar refractivity (Wildman–Crippen MR) is 79.0 cm³/mol. The van der Waals surface area contributed by atoms with Crippen LogP contribution in [0, 0.1) is 0 Å². The van der Waals surface area contributed by atoms with Crippen LogP contribution in [0.4, 0.5) is 0 Å². The molecule has 0 fully saturated rings. The maximum atomic E-state index is 12.2. The van der Waals surface area contributed by atoms with Crippen LogP contribution in [0.5, 0.6) is 0 Å². The van der Waals surface area contributed by atoms with Crippen molar-refractivity contribution in [1.82, 2.24) is 14.9 Å². The van der Waals surface area contributed by atoms with Gasteiger partial charge in [0.05, 0.1) is 24.1 Å². The molecule has 3 rings (SSSR count). The summed E-state index contributed by atoms with van der Waals surface area (Å²) in [6.45, 7) is 3.30. The molecule has 1 unspecified atom stereocenters. The minimum atomic E-state index is 0.0254. The molecular weight excluding hydrogens is 274 g/mol. The van der Waals surface area contributed by atoms with Crippen LogP contribution in [0.2, 0.25) is 0 Å². The molecule has 0 aromatic carbocycles. The molecule has 3 aromatic heterocycles. The topological polar surface area (TPSA) is 60.1 Å². The number of furan rings is 1. The Morgan fingerprint density at radius 3 is 3.20 bits per heavy atom. The normalized spacial score (nSPS) is 12.8. The van der Waals surface area contributed by atoms with E-state index in [1.54, 1.807) is 17.2 Å². The smallest absolute Gasteiger partial charge is 0.271 e. The van der Waals surface area contributed by atoms with Crippen molar-refractivity contribution >= 4 is 21.6 Å². The fourth-order valence-electron chi connectivity index (χ4n) is 2.08. The van der Waals surface area contributed by atoms with E-state index in [1.165, 1.54) is 11.3 Å². The molecule has 0 saturated carbocycles. The highest BCUT2D eigenvalue weighted by molar-refractivity contribution is 7.17. The summed E-state index contributed by atoms with van der Waals surface area (Å²) in [5.41, 5.74) is 0.797. The number of thiophene rings is 1. The Bertz CT molecular complexity index is 745. The van der Waals surface area contributed by atoms with Crippen molar-refractivity contribution in [2.24, 2.45) is 0 Å². The lowest BCUT2D eigenvalue weighted by molar-refractivity contribution is 0.422. The van der Waals surface area contributed by atoms with Gasteiger partial charge in [-0.25, -0.2) is 4.98 Å². The third kappa shape index (κ3) is 2.52. The van der Waals surface area contributed by atoms with Gasteiger partial charge in [-0.2, -0.15) is 0 Å². The Morgan fingerprint density at radius 2 is 2.40 bits per heavy atom. The Hall–Kier alpha value is -1.92. The van der Waals surface area contributed by atoms with Crippen LogP contribution in [0.3, 0.4) is 0 Å². The van der Waals surface area contributed by atoms with Crippen LogP contribution in [0.15, 0.2) is 45.4 Å². The van der Waals surface area contributed by atoms with E-state index in [-0.39, 0.29) is 11.6 Å². The predicted octanol–water partition coefficient (Wildman–Crippen LogP) is 2.40. The number of hydrogen-bond donors (Lipinski definition) is 1. The fraction of sp³-hybridized carbons (Fsp3) is 0.286. The van der Waals surface area contributed by atoms with Gasteiger partial charge in [0, 0.05) is 13.1 Å². The molecule has 0 aliphatic rings. The summed E-state index contributed by atoms with van der Waals surface area (Å²) in [6.07, 6.45) is 3.27. The molecule has 0 spiro atoms. The highest BCUT2D eigenvalue weighted by Gasteiger charge is 2.08. The Balaban J connectivity index is 1.65. The minimum Gasteiger partial charge on any atom is -0.468 e. The van der Waals surface area contributed by atoms with E-state index in [1.807, 2.05) is 30.5 Å². The van der Waals surface area contributed by atoms with Gasteiger partial charge in [-0.1, -0.05) is 0 Å². The van der Waals surface area contributed by atoms with E-state index in [9.17, 15) is 4.79 Å². The average Bonchev–Trinajstić information content (AvgIpc) is 3.11. The first-order valence-electron chi connectivity index (χ1n) is 6.45. The fourth-order valence-corrected chi connectivity index (χ4v) is 2.87. The number of rotatable bonds is 5. The van der Waals surface area contributed by atoms with Crippen molar-refractivity contribution in [3.05, 3.63) is 52.3 Å². The second kappa shape index (κ2) is 5.60. The number of fused-ring (bicyclic) bond motifs is 1. The zero-order valence-electron chi connectivity index (χ0n) is 11.1. The average molecular weight is 289 g/mol. The summed E-state index contributed by atoms with van der Waals surface area (Å²) in [6, 6.07) is 5.79. The monoisotopic (exact) mass is 289 g/mol. The lowest BCUT2D eigenvalue weighted by Gasteiger charge is -2.11. The van der Waals surface area contributed by atoms with Crippen LogP contribution in [-0.2, 0) is 6.54 Å². The second-order valence-electron chi connectivity index (χ2n) is 4.57. The molecular formula is C14H15N3O2S. The second-order valence-corrected chi connectivity index (χ2v) is 5.49. The lowest BCUT2D eigenvalue weighted by Crippen LogP contribution is -2.28. The molecule has 6 heteroatoms. The maximum Gasteiger partial charge on any atom is 0.271 e. The Kier molecular flexibility index (Phi) is 3.66. The van der Waals surface area contributed by atoms with E-state index >= 15 is 0 Å². The Morgan fingerprint density at radius 1 is 1.50 bits per heavy atom. The van der Waals surface area contributed by atoms with Gasteiger partial charge in [0.2, 0.25) is 0 Å². The molecule has 20 heavy (non-hydrogen) atoms.